The third-order valence-corrected chi connectivity index (χ3v) is 3.27. The number of ether oxygens (including phenoxy) is 1. The number of carbonyl (C=O) groups is 1. The van der Waals surface area contributed by atoms with E-state index in [0.717, 1.165) is 17.4 Å². The van der Waals surface area contributed by atoms with Gasteiger partial charge >= 0.3 is 0 Å². The van der Waals surface area contributed by atoms with Gasteiger partial charge in [0.2, 0.25) is 11.0 Å². The number of amides is 1. The van der Waals surface area contributed by atoms with Gasteiger partial charge in [0.25, 0.3) is 0 Å². The monoisotopic (exact) mass is 242 g/mol. The van der Waals surface area contributed by atoms with Crippen LogP contribution >= 0.6 is 11.5 Å². The number of aryl methyl sites for hydroxylation is 1. The first-order valence-corrected chi connectivity index (χ1v) is 5.96. The van der Waals surface area contributed by atoms with E-state index >= 15 is 0 Å². The summed E-state index contributed by atoms with van der Waals surface area (Å²) in [6.07, 6.45) is 0.794. The number of nitrogens with zero attached hydrogens (tertiary/aromatic N) is 3. The highest BCUT2D eigenvalue weighted by Crippen LogP contribution is 2.21. The summed E-state index contributed by atoms with van der Waals surface area (Å²) in [5, 5.41) is 0.754. The van der Waals surface area contributed by atoms with Gasteiger partial charge in [-0.2, -0.15) is 4.37 Å². The molecule has 1 aromatic heterocycles. The molecule has 0 saturated carbocycles. The molecule has 1 atom stereocenters. The average Bonchev–Trinajstić information content (AvgIpc) is 2.77. The van der Waals surface area contributed by atoms with Crippen molar-refractivity contribution in [2.45, 2.75) is 19.4 Å². The molecule has 88 valence electrons. The van der Waals surface area contributed by atoms with Gasteiger partial charge in [0.05, 0.1) is 13.2 Å². The topological polar surface area (TPSA) is 81.3 Å². The molecule has 16 heavy (non-hydrogen) atoms. The van der Waals surface area contributed by atoms with Crippen molar-refractivity contribution < 1.29 is 9.53 Å². The molecule has 0 aromatic carbocycles. The van der Waals surface area contributed by atoms with Crippen molar-refractivity contribution in [3.63, 3.8) is 0 Å². The fraction of sp³-hybridized carbons (Fsp3) is 0.667. The second-order valence-corrected chi connectivity index (χ2v) is 4.26. The summed E-state index contributed by atoms with van der Waals surface area (Å²) in [5.74, 6) is 0.419. The van der Waals surface area contributed by atoms with Gasteiger partial charge in [-0.3, -0.25) is 4.79 Å². The van der Waals surface area contributed by atoms with Crippen molar-refractivity contribution in [2.75, 3.05) is 24.7 Å². The molecular formula is C9H14N4O2S. The standard InChI is InChI=1S/C9H14N4O2S/c1-2-7-11-9(16-12-7)13-3-4-15-5-6(13)8(10)14/h6H,2-5H2,1H3,(H2,10,14)/t6-/m0/s1. The van der Waals surface area contributed by atoms with Crippen LogP contribution in [0.5, 0.6) is 0 Å². The summed E-state index contributed by atoms with van der Waals surface area (Å²) < 4.78 is 9.44. The molecule has 0 aliphatic carbocycles. The number of hydrogen-bond donors (Lipinski definition) is 1. The zero-order chi connectivity index (χ0) is 11.5. The lowest BCUT2D eigenvalue weighted by molar-refractivity contribution is -0.121. The van der Waals surface area contributed by atoms with Crippen LogP contribution in [0, 0.1) is 0 Å². The molecule has 1 amide bonds. The molecule has 0 spiro atoms. The van der Waals surface area contributed by atoms with Gasteiger partial charge in [0.15, 0.2) is 0 Å². The Morgan fingerprint density at radius 1 is 1.75 bits per heavy atom. The number of nitrogens with two attached hydrogens (primary N) is 1. The molecule has 1 fully saturated rings. The lowest BCUT2D eigenvalue weighted by Crippen LogP contribution is -2.52. The van der Waals surface area contributed by atoms with Crippen LogP contribution in [0.3, 0.4) is 0 Å². The zero-order valence-corrected chi connectivity index (χ0v) is 9.87. The van der Waals surface area contributed by atoms with Crippen molar-refractivity contribution in [3.8, 4) is 0 Å². The van der Waals surface area contributed by atoms with Crippen LogP contribution in [0.1, 0.15) is 12.7 Å². The van der Waals surface area contributed by atoms with E-state index < -0.39 is 6.04 Å². The first-order valence-electron chi connectivity index (χ1n) is 5.18. The Balaban J connectivity index is 2.19. The first kappa shape index (κ1) is 11.3. The second kappa shape index (κ2) is 4.75. The number of aromatic nitrogens is 2. The highest BCUT2D eigenvalue weighted by atomic mass is 32.1. The van der Waals surface area contributed by atoms with E-state index in [-0.39, 0.29) is 5.91 Å². The van der Waals surface area contributed by atoms with E-state index in [9.17, 15) is 4.79 Å². The minimum atomic E-state index is -0.425. The molecule has 0 unspecified atom stereocenters. The van der Waals surface area contributed by atoms with Crippen LogP contribution in [0.4, 0.5) is 5.13 Å². The molecule has 1 aromatic rings. The summed E-state index contributed by atoms with van der Waals surface area (Å²) in [6, 6.07) is -0.425. The van der Waals surface area contributed by atoms with E-state index in [1.54, 1.807) is 0 Å². The van der Waals surface area contributed by atoms with E-state index in [1.807, 2.05) is 11.8 Å². The predicted octanol–water partition coefficient (Wildman–Crippen LogP) is -0.209. The SMILES string of the molecule is CCc1nsc(N2CCOC[C@H]2C(N)=O)n1. The smallest absolute Gasteiger partial charge is 0.242 e. The van der Waals surface area contributed by atoms with Gasteiger partial charge in [0, 0.05) is 24.5 Å². The third-order valence-electron chi connectivity index (χ3n) is 2.48. The Kier molecular flexibility index (Phi) is 3.35. The Morgan fingerprint density at radius 3 is 3.19 bits per heavy atom. The molecule has 1 aliphatic rings. The van der Waals surface area contributed by atoms with Crippen molar-refractivity contribution in [2.24, 2.45) is 5.73 Å². The van der Waals surface area contributed by atoms with Crippen molar-refractivity contribution in [3.05, 3.63) is 5.82 Å². The zero-order valence-electron chi connectivity index (χ0n) is 9.05. The number of primary amides is 1. The fourth-order valence-corrected chi connectivity index (χ4v) is 2.40. The van der Waals surface area contributed by atoms with Gasteiger partial charge in [-0.1, -0.05) is 6.92 Å². The highest BCUT2D eigenvalue weighted by molar-refractivity contribution is 7.09. The van der Waals surface area contributed by atoms with Crippen molar-refractivity contribution >= 4 is 22.6 Å². The minimum absolute atomic E-state index is 0.330. The Hall–Kier alpha value is -1.21. The summed E-state index contributed by atoms with van der Waals surface area (Å²) in [4.78, 5) is 17.5. The van der Waals surface area contributed by atoms with E-state index in [2.05, 4.69) is 9.36 Å². The summed E-state index contributed by atoms with van der Waals surface area (Å²) in [5.41, 5.74) is 5.33. The number of morpholine rings is 1. The highest BCUT2D eigenvalue weighted by Gasteiger charge is 2.29. The van der Waals surface area contributed by atoms with E-state index in [0.29, 0.717) is 19.8 Å². The predicted molar refractivity (Wildman–Crippen MR) is 60.4 cm³/mol. The van der Waals surface area contributed by atoms with Crippen LogP contribution in [0.2, 0.25) is 0 Å². The number of hydrogen-bond acceptors (Lipinski definition) is 6. The number of anilines is 1. The van der Waals surface area contributed by atoms with E-state index in [4.69, 9.17) is 10.5 Å². The lowest BCUT2D eigenvalue weighted by atomic mass is 10.2. The molecule has 7 heteroatoms. The van der Waals surface area contributed by atoms with Crippen LogP contribution in [0.15, 0.2) is 0 Å². The van der Waals surface area contributed by atoms with Crippen LogP contribution in [0.25, 0.3) is 0 Å². The Labute approximate surface area is 97.6 Å². The van der Waals surface area contributed by atoms with Gasteiger partial charge in [-0.05, 0) is 0 Å². The Morgan fingerprint density at radius 2 is 2.56 bits per heavy atom. The van der Waals surface area contributed by atoms with Gasteiger partial charge in [0.1, 0.15) is 11.9 Å². The molecule has 2 heterocycles. The normalized spacial score (nSPS) is 21.1. The van der Waals surface area contributed by atoms with Crippen LogP contribution < -0.4 is 10.6 Å². The van der Waals surface area contributed by atoms with Crippen LogP contribution in [-0.2, 0) is 16.0 Å². The molecule has 2 rings (SSSR count). The summed E-state index contributed by atoms with van der Waals surface area (Å²) in [6.45, 7) is 3.55. The average molecular weight is 242 g/mol. The van der Waals surface area contributed by atoms with Crippen LogP contribution in [-0.4, -0.2) is 41.1 Å². The van der Waals surface area contributed by atoms with Crippen molar-refractivity contribution in [1.29, 1.82) is 0 Å². The summed E-state index contributed by atoms with van der Waals surface area (Å²) >= 11 is 1.30. The number of rotatable bonds is 3. The second-order valence-electron chi connectivity index (χ2n) is 3.53. The third kappa shape index (κ3) is 2.14. The molecule has 2 N–H and O–H groups in total. The summed E-state index contributed by atoms with van der Waals surface area (Å²) in [7, 11) is 0. The molecule has 6 nitrogen and oxygen atoms in total. The molecule has 0 radical (unpaired) electrons. The minimum Gasteiger partial charge on any atom is -0.377 e. The maximum absolute atomic E-state index is 11.3. The van der Waals surface area contributed by atoms with E-state index in [1.165, 1.54) is 11.5 Å². The maximum Gasteiger partial charge on any atom is 0.242 e. The van der Waals surface area contributed by atoms with Gasteiger partial charge in [-0.15, -0.1) is 0 Å². The quantitative estimate of drug-likeness (QED) is 0.793. The van der Waals surface area contributed by atoms with Gasteiger partial charge in [-0.25, -0.2) is 4.98 Å². The fourth-order valence-electron chi connectivity index (χ4n) is 1.57. The molecular weight excluding hydrogens is 228 g/mol. The molecule has 1 aliphatic heterocycles. The largest absolute Gasteiger partial charge is 0.377 e. The number of carbonyl (C=O) groups excluding carboxylic acids is 1. The van der Waals surface area contributed by atoms with Crippen molar-refractivity contribution in [1.82, 2.24) is 9.36 Å². The molecule has 0 bridgehead atoms. The Bertz CT molecular complexity index is 381. The lowest BCUT2D eigenvalue weighted by Gasteiger charge is -2.32. The maximum atomic E-state index is 11.3. The first-order chi connectivity index (χ1) is 7.72. The van der Waals surface area contributed by atoms with Gasteiger partial charge < -0.3 is 15.4 Å². The molecule has 1 saturated heterocycles.